The van der Waals surface area contributed by atoms with Crippen LogP contribution in [0.3, 0.4) is 0 Å². The Labute approximate surface area is 59.6 Å². The summed E-state index contributed by atoms with van der Waals surface area (Å²) in [5.74, 6) is 0. The predicted octanol–water partition coefficient (Wildman–Crippen LogP) is -0.952. The van der Waals surface area contributed by atoms with E-state index in [0.717, 1.165) is 0 Å². The molecule has 1 unspecified atom stereocenters. The minimum absolute atomic E-state index is 0. The standard InChI is InChI=1S/C4H9N3O.ClH/c5-1-3-2-6-4(8)7-3;/h3H,1-2,5H2,(H2,6,7,8);1H. The molecule has 5 heteroatoms. The van der Waals surface area contributed by atoms with Crippen LogP contribution in [0.4, 0.5) is 4.79 Å². The van der Waals surface area contributed by atoms with Gasteiger partial charge in [-0.3, -0.25) is 0 Å². The van der Waals surface area contributed by atoms with Gasteiger partial charge in [0.15, 0.2) is 0 Å². The summed E-state index contributed by atoms with van der Waals surface area (Å²) in [4.78, 5) is 10.3. The number of hydrogen-bond acceptors (Lipinski definition) is 2. The van der Waals surface area contributed by atoms with Crippen LogP contribution in [0.1, 0.15) is 0 Å². The van der Waals surface area contributed by atoms with Gasteiger partial charge in [0, 0.05) is 13.1 Å². The van der Waals surface area contributed by atoms with Crippen LogP contribution in [0, 0.1) is 0 Å². The second-order valence-corrected chi connectivity index (χ2v) is 1.79. The molecular weight excluding hydrogens is 142 g/mol. The third-order valence-electron chi connectivity index (χ3n) is 1.13. The molecule has 0 radical (unpaired) electrons. The highest BCUT2D eigenvalue weighted by atomic mass is 35.5. The van der Waals surface area contributed by atoms with Crippen LogP contribution in [0.25, 0.3) is 0 Å². The van der Waals surface area contributed by atoms with Gasteiger partial charge in [0.25, 0.3) is 0 Å². The number of urea groups is 1. The number of amides is 2. The van der Waals surface area contributed by atoms with Gasteiger partial charge in [0.1, 0.15) is 0 Å². The van der Waals surface area contributed by atoms with Crippen LogP contribution < -0.4 is 16.4 Å². The van der Waals surface area contributed by atoms with Gasteiger partial charge in [0.2, 0.25) is 0 Å². The molecule has 1 heterocycles. The molecule has 0 aliphatic carbocycles. The minimum Gasteiger partial charge on any atom is -0.336 e. The largest absolute Gasteiger partial charge is 0.336 e. The molecule has 0 saturated carbocycles. The summed E-state index contributed by atoms with van der Waals surface area (Å²) in [5.41, 5.74) is 5.24. The zero-order valence-electron chi connectivity index (χ0n) is 4.89. The number of nitrogens with two attached hydrogens (primary N) is 1. The third kappa shape index (κ3) is 2.07. The summed E-state index contributed by atoms with van der Waals surface area (Å²) < 4.78 is 0. The molecule has 0 bridgehead atoms. The Balaban J connectivity index is 0.000000640. The monoisotopic (exact) mass is 151 g/mol. The first kappa shape index (κ1) is 8.52. The predicted molar refractivity (Wildman–Crippen MR) is 36.6 cm³/mol. The van der Waals surface area contributed by atoms with E-state index >= 15 is 0 Å². The fourth-order valence-electron chi connectivity index (χ4n) is 0.646. The molecule has 1 saturated heterocycles. The van der Waals surface area contributed by atoms with E-state index in [-0.39, 0.29) is 24.5 Å². The summed E-state index contributed by atoms with van der Waals surface area (Å²) in [5, 5.41) is 5.22. The van der Waals surface area contributed by atoms with Gasteiger partial charge in [-0.25, -0.2) is 4.79 Å². The number of hydrogen-bond donors (Lipinski definition) is 3. The Bertz CT molecular complexity index is 108. The number of carbonyl (C=O) groups is 1. The van der Waals surface area contributed by atoms with Crippen LogP contribution in [-0.4, -0.2) is 25.2 Å². The van der Waals surface area contributed by atoms with Crippen molar-refractivity contribution in [2.45, 2.75) is 6.04 Å². The summed E-state index contributed by atoms with van der Waals surface area (Å²) in [6.07, 6.45) is 0. The number of rotatable bonds is 1. The third-order valence-corrected chi connectivity index (χ3v) is 1.13. The molecule has 1 rings (SSSR count). The van der Waals surface area contributed by atoms with E-state index in [1.807, 2.05) is 0 Å². The lowest BCUT2D eigenvalue weighted by atomic mass is 10.3. The average molecular weight is 152 g/mol. The summed E-state index contributed by atoms with van der Waals surface area (Å²) in [6, 6.07) is 0.0305. The maximum absolute atomic E-state index is 10.3. The SMILES string of the molecule is Cl.NCC1CNC(=O)N1. The van der Waals surface area contributed by atoms with E-state index in [1.54, 1.807) is 0 Å². The number of halogens is 1. The summed E-state index contributed by atoms with van der Waals surface area (Å²) in [7, 11) is 0. The first-order valence-corrected chi connectivity index (χ1v) is 2.57. The molecule has 0 aromatic rings. The van der Waals surface area contributed by atoms with E-state index in [2.05, 4.69) is 10.6 Å². The second-order valence-electron chi connectivity index (χ2n) is 1.79. The zero-order chi connectivity index (χ0) is 5.98. The van der Waals surface area contributed by atoms with Crippen LogP contribution in [0.5, 0.6) is 0 Å². The van der Waals surface area contributed by atoms with Crippen molar-refractivity contribution in [1.82, 2.24) is 10.6 Å². The molecule has 9 heavy (non-hydrogen) atoms. The zero-order valence-corrected chi connectivity index (χ0v) is 5.70. The van der Waals surface area contributed by atoms with Crippen molar-refractivity contribution in [2.75, 3.05) is 13.1 Å². The second kappa shape index (κ2) is 3.53. The van der Waals surface area contributed by atoms with Crippen LogP contribution in [-0.2, 0) is 0 Å². The fraction of sp³-hybridized carbons (Fsp3) is 0.750. The molecule has 1 fully saturated rings. The van der Waals surface area contributed by atoms with Crippen LogP contribution >= 0.6 is 12.4 Å². The first-order valence-electron chi connectivity index (χ1n) is 2.57. The highest BCUT2D eigenvalue weighted by Crippen LogP contribution is 1.84. The first-order chi connectivity index (χ1) is 3.83. The van der Waals surface area contributed by atoms with E-state index < -0.39 is 0 Å². The quantitative estimate of drug-likeness (QED) is 0.452. The van der Waals surface area contributed by atoms with Crippen LogP contribution in [0.2, 0.25) is 0 Å². The maximum atomic E-state index is 10.3. The average Bonchev–Trinajstić information content (AvgIpc) is 2.14. The number of carbonyl (C=O) groups excluding carboxylic acids is 1. The molecule has 1 aliphatic heterocycles. The summed E-state index contributed by atoms with van der Waals surface area (Å²) in [6.45, 7) is 1.17. The van der Waals surface area contributed by atoms with E-state index in [1.165, 1.54) is 0 Å². The minimum atomic E-state index is -0.111. The molecule has 1 atom stereocenters. The molecule has 4 nitrogen and oxygen atoms in total. The van der Waals surface area contributed by atoms with Gasteiger partial charge in [-0.1, -0.05) is 0 Å². The Morgan fingerprint density at radius 2 is 2.44 bits per heavy atom. The molecule has 1 aliphatic rings. The molecular formula is C4H10ClN3O. The van der Waals surface area contributed by atoms with Crippen molar-refractivity contribution in [2.24, 2.45) is 5.73 Å². The molecule has 0 aromatic carbocycles. The Kier molecular flexibility index (Phi) is 3.34. The van der Waals surface area contributed by atoms with E-state index in [9.17, 15) is 4.79 Å². The number of nitrogens with one attached hydrogen (secondary N) is 2. The smallest absolute Gasteiger partial charge is 0.315 e. The Morgan fingerprint density at radius 1 is 1.78 bits per heavy atom. The highest BCUT2D eigenvalue weighted by Gasteiger charge is 2.16. The molecule has 0 aromatic heterocycles. The van der Waals surface area contributed by atoms with E-state index in [4.69, 9.17) is 5.73 Å². The highest BCUT2D eigenvalue weighted by molar-refractivity contribution is 5.85. The van der Waals surface area contributed by atoms with Gasteiger partial charge in [-0.05, 0) is 0 Å². The molecule has 4 N–H and O–H groups in total. The van der Waals surface area contributed by atoms with Gasteiger partial charge in [-0.2, -0.15) is 0 Å². The van der Waals surface area contributed by atoms with Crippen molar-refractivity contribution in [1.29, 1.82) is 0 Å². The topological polar surface area (TPSA) is 67.1 Å². The lowest BCUT2D eigenvalue weighted by molar-refractivity contribution is 0.247. The molecule has 54 valence electrons. The lowest BCUT2D eigenvalue weighted by Crippen LogP contribution is -2.33. The van der Waals surface area contributed by atoms with Crippen LogP contribution in [0.15, 0.2) is 0 Å². The molecule has 2 amide bonds. The van der Waals surface area contributed by atoms with Gasteiger partial charge >= 0.3 is 6.03 Å². The Hall–Kier alpha value is -0.480. The lowest BCUT2D eigenvalue weighted by Gasteiger charge is -2.00. The van der Waals surface area contributed by atoms with Crippen molar-refractivity contribution < 1.29 is 4.79 Å². The van der Waals surface area contributed by atoms with Gasteiger partial charge in [0.05, 0.1) is 6.04 Å². The summed E-state index contributed by atoms with van der Waals surface area (Å²) >= 11 is 0. The molecule has 0 spiro atoms. The van der Waals surface area contributed by atoms with Crippen molar-refractivity contribution >= 4 is 18.4 Å². The van der Waals surface area contributed by atoms with E-state index in [0.29, 0.717) is 13.1 Å². The fourth-order valence-corrected chi connectivity index (χ4v) is 0.646. The normalized spacial score (nSPS) is 24.1. The maximum Gasteiger partial charge on any atom is 0.315 e. The Morgan fingerprint density at radius 3 is 2.67 bits per heavy atom. The van der Waals surface area contributed by atoms with Crippen molar-refractivity contribution in [3.8, 4) is 0 Å². The van der Waals surface area contributed by atoms with Crippen molar-refractivity contribution in [3.05, 3.63) is 0 Å². The van der Waals surface area contributed by atoms with Gasteiger partial charge in [-0.15, -0.1) is 12.4 Å². The van der Waals surface area contributed by atoms with Gasteiger partial charge < -0.3 is 16.4 Å². The van der Waals surface area contributed by atoms with Crippen molar-refractivity contribution in [3.63, 3.8) is 0 Å².